The first-order chi connectivity index (χ1) is 16.3. The number of thiol groups is 1. The van der Waals surface area contributed by atoms with Crippen molar-refractivity contribution < 1.29 is 41.0 Å². The van der Waals surface area contributed by atoms with Crippen molar-refractivity contribution in [1.29, 1.82) is 0 Å². The fourth-order valence-corrected chi connectivity index (χ4v) is 4.35. The van der Waals surface area contributed by atoms with E-state index in [1.165, 1.54) is 13.8 Å². The van der Waals surface area contributed by atoms with Crippen LogP contribution >= 0.6 is 24.2 Å². The van der Waals surface area contributed by atoms with Crippen molar-refractivity contribution in [2.24, 2.45) is 5.73 Å². The molecule has 2 unspecified atom stereocenters. The minimum absolute atomic E-state index is 0.0361. The number of esters is 2. The van der Waals surface area contributed by atoms with Gasteiger partial charge in [-0.1, -0.05) is 11.6 Å². The number of ether oxygens (including phenoxy) is 2. The molecule has 1 aliphatic heterocycles. The summed E-state index contributed by atoms with van der Waals surface area (Å²) in [5.41, 5.74) is 0.769. The molecular formula is C22H24ClF5N2O4S. The van der Waals surface area contributed by atoms with Gasteiger partial charge in [-0.25, -0.2) is 18.4 Å². The molecule has 0 radical (unpaired) electrons. The lowest BCUT2D eigenvalue weighted by Crippen LogP contribution is -2.39. The SMILES string of the molecule is COC(=O)C1=C(CF)NC(C(S)CCN)=C(C(=O)OC(C)C)C1c1c(F)ccc(Cl)c1C(F)(F)F. The zero-order chi connectivity index (χ0) is 26.7. The van der Waals surface area contributed by atoms with Gasteiger partial charge in [-0.3, -0.25) is 0 Å². The Morgan fingerprint density at radius 1 is 1.23 bits per heavy atom. The Labute approximate surface area is 209 Å². The molecular weight excluding hydrogens is 519 g/mol. The van der Waals surface area contributed by atoms with E-state index in [0.29, 0.717) is 12.1 Å². The Morgan fingerprint density at radius 2 is 1.86 bits per heavy atom. The van der Waals surface area contributed by atoms with Crippen LogP contribution in [0.4, 0.5) is 22.0 Å². The highest BCUT2D eigenvalue weighted by Gasteiger charge is 2.47. The van der Waals surface area contributed by atoms with E-state index in [1.807, 2.05) is 0 Å². The quantitative estimate of drug-likeness (QED) is 0.256. The highest BCUT2D eigenvalue weighted by atomic mass is 35.5. The van der Waals surface area contributed by atoms with E-state index in [1.54, 1.807) is 0 Å². The third-order valence-corrected chi connectivity index (χ3v) is 5.90. The van der Waals surface area contributed by atoms with Crippen molar-refractivity contribution in [3.05, 3.63) is 56.6 Å². The van der Waals surface area contributed by atoms with Crippen molar-refractivity contribution >= 4 is 36.2 Å². The summed E-state index contributed by atoms with van der Waals surface area (Å²) in [4.78, 5) is 26.0. The largest absolute Gasteiger partial charge is 0.466 e. The lowest BCUT2D eigenvalue weighted by Gasteiger charge is -2.35. The van der Waals surface area contributed by atoms with Crippen molar-refractivity contribution in [2.45, 2.75) is 43.7 Å². The predicted octanol–water partition coefficient (Wildman–Crippen LogP) is 4.43. The molecule has 3 N–H and O–H groups in total. The number of allylic oxidation sites excluding steroid dienone is 1. The summed E-state index contributed by atoms with van der Waals surface area (Å²) in [6.45, 7) is 1.61. The molecule has 13 heteroatoms. The van der Waals surface area contributed by atoms with Crippen molar-refractivity contribution in [3.8, 4) is 0 Å². The van der Waals surface area contributed by atoms with Crippen LogP contribution in [-0.4, -0.2) is 43.6 Å². The number of carbonyl (C=O) groups excluding carboxylic acids is 2. The molecule has 0 saturated carbocycles. The average Bonchev–Trinajstić information content (AvgIpc) is 2.77. The van der Waals surface area contributed by atoms with Gasteiger partial charge < -0.3 is 20.5 Å². The number of rotatable bonds is 8. The first kappa shape index (κ1) is 28.9. The minimum Gasteiger partial charge on any atom is -0.466 e. The number of hydrogen-bond acceptors (Lipinski definition) is 7. The molecule has 1 aliphatic rings. The number of hydrogen-bond donors (Lipinski definition) is 3. The molecule has 0 saturated heterocycles. The third kappa shape index (κ3) is 6.10. The van der Waals surface area contributed by atoms with Gasteiger partial charge in [-0.15, -0.1) is 0 Å². The molecule has 1 aromatic carbocycles. The second-order valence-electron chi connectivity index (χ2n) is 7.77. The van der Waals surface area contributed by atoms with E-state index in [2.05, 4.69) is 22.7 Å². The number of methoxy groups -OCH3 is 1. The first-order valence-corrected chi connectivity index (χ1v) is 11.2. The van der Waals surface area contributed by atoms with E-state index < -0.39 is 80.9 Å². The smallest absolute Gasteiger partial charge is 0.418 e. The zero-order valence-electron chi connectivity index (χ0n) is 18.9. The monoisotopic (exact) mass is 542 g/mol. The van der Waals surface area contributed by atoms with Crippen LogP contribution in [0, 0.1) is 5.82 Å². The highest BCUT2D eigenvalue weighted by molar-refractivity contribution is 7.81. The molecule has 0 fully saturated rings. The number of dihydropyridines is 1. The van der Waals surface area contributed by atoms with Crippen molar-refractivity contribution in [1.82, 2.24) is 5.32 Å². The second kappa shape index (κ2) is 11.6. The number of nitrogens with two attached hydrogens (primary N) is 1. The van der Waals surface area contributed by atoms with E-state index in [0.717, 1.165) is 7.11 Å². The molecule has 0 spiro atoms. The van der Waals surface area contributed by atoms with E-state index >= 15 is 4.39 Å². The Hall–Kier alpha value is -2.31. The molecule has 0 aliphatic carbocycles. The minimum atomic E-state index is -5.21. The topological polar surface area (TPSA) is 90.6 Å². The Morgan fingerprint density at radius 3 is 2.34 bits per heavy atom. The van der Waals surface area contributed by atoms with Gasteiger partial charge in [0.15, 0.2) is 0 Å². The molecule has 0 bridgehead atoms. The van der Waals surface area contributed by atoms with Gasteiger partial charge in [-0.05, 0) is 38.9 Å². The van der Waals surface area contributed by atoms with Crippen LogP contribution in [0.15, 0.2) is 34.7 Å². The van der Waals surface area contributed by atoms with Gasteiger partial charge in [0.05, 0.1) is 46.6 Å². The summed E-state index contributed by atoms with van der Waals surface area (Å²) in [5, 5.41) is 0.740. The lowest BCUT2D eigenvalue weighted by molar-refractivity contribution is -0.144. The van der Waals surface area contributed by atoms with Gasteiger partial charge in [0.25, 0.3) is 0 Å². The zero-order valence-corrected chi connectivity index (χ0v) is 20.6. The number of benzene rings is 1. The molecule has 0 aromatic heterocycles. The van der Waals surface area contributed by atoms with Crippen molar-refractivity contribution in [3.63, 3.8) is 0 Å². The van der Waals surface area contributed by atoms with Crippen LogP contribution in [0.1, 0.15) is 37.3 Å². The number of carbonyl (C=O) groups is 2. The molecule has 6 nitrogen and oxygen atoms in total. The van der Waals surface area contributed by atoms with Gasteiger partial charge in [0.2, 0.25) is 0 Å². The average molecular weight is 543 g/mol. The maximum atomic E-state index is 15.2. The van der Waals surface area contributed by atoms with Crippen LogP contribution in [0.2, 0.25) is 5.02 Å². The molecule has 35 heavy (non-hydrogen) atoms. The maximum Gasteiger partial charge on any atom is 0.418 e. The molecule has 194 valence electrons. The van der Waals surface area contributed by atoms with Gasteiger partial charge in [0.1, 0.15) is 12.5 Å². The van der Waals surface area contributed by atoms with E-state index in [4.69, 9.17) is 22.1 Å². The summed E-state index contributed by atoms with van der Waals surface area (Å²) in [5.74, 6) is -5.98. The number of alkyl halides is 4. The van der Waals surface area contributed by atoms with Crippen LogP contribution in [0.3, 0.4) is 0 Å². The third-order valence-electron chi connectivity index (χ3n) is 5.07. The molecule has 0 amide bonds. The lowest BCUT2D eigenvalue weighted by atomic mass is 9.77. The van der Waals surface area contributed by atoms with Crippen LogP contribution in [0.5, 0.6) is 0 Å². The van der Waals surface area contributed by atoms with Gasteiger partial charge in [0, 0.05) is 16.5 Å². The fraction of sp³-hybridized carbons (Fsp3) is 0.455. The summed E-state index contributed by atoms with van der Waals surface area (Å²) in [6, 6.07) is 1.34. The normalized spacial score (nSPS) is 17.4. The summed E-state index contributed by atoms with van der Waals surface area (Å²) >= 11 is 10.2. The van der Waals surface area contributed by atoms with Gasteiger partial charge in [-0.2, -0.15) is 25.8 Å². The maximum absolute atomic E-state index is 15.2. The summed E-state index contributed by atoms with van der Waals surface area (Å²) in [6.07, 6.45) is -5.86. The molecule has 2 atom stereocenters. The molecule has 1 aromatic rings. The van der Waals surface area contributed by atoms with Crippen LogP contribution in [-0.2, 0) is 25.2 Å². The van der Waals surface area contributed by atoms with Crippen LogP contribution in [0.25, 0.3) is 0 Å². The Bertz CT molecular complexity index is 1060. The van der Waals surface area contributed by atoms with E-state index in [-0.39, 0.29) is 18.7 Å². The van der Waals surface area contributed by atoms with Crippen LogP contribution < -0.4 is 11.1 Å². The molecule has 1 heterocycles. The predicted molar refractivity (Wildman–Crippen MR) is 122 cm³/mol. The first-order valence-electron chi connectivity index (χ1n) is 10.3. The molecule has 2 rings (SSSR count). The summed E-state index contributed by atoms with van der Waals surface area (Å²) in [7, 11) is 0.905. The van der Waals surface area contributed by atoms with Crippen molar-refractivity contribution in [2.75, 3.05) is 20.3 Å². The Kier molecular flexibility index (Phi) is 9.60. The number of nitrogens with one attached hydrogen (secondary N) is 1. The summed E-state index contributed by atoms with van der Waals surface area (Å²) < 4.78 is 81.6. The Balaban J connectivity index is 3.10. The second-order valence-corrected chi connectivity index (χ2v) is 8.80. The van der Waals surface area contributed by atoms with E-state index in [9.17, 15) is 27.2 Å². The number of halogens is 6. The fourth-order valence-electron chi connectivity index (χ4n) is 3.72. The standard InChI is InChI=1S/C22H24ClF5N2O4S/c1-9(2)34-21(32)17-16(14-11(25)5-4-10(23)18(14)22(26,27)28)15(20(31)33-3)12(8-24)30-19(17)13(35)6-7-29/h4-5,9,13,16,30,35H,6-8,29H2,1-3H3. The highest BCUT2D eigenvalue weighted by Crippen LogP contribution is 2.48. The van der Waals surface area contributed by atoms with Gasteiger partial charge >= 0.3 is 18.1 Å².